The molecule has 2 rings (SSSR count). The molecule has 0 radical (unpaired) electrons. The van der Waals surface area contributed by atoms with Crippen LogP contribution in [0.4, 0.5) is 4.79 Å². The average molecular weight is 785 g/mol. The first kappa shape index (κ1) is 46.0. The van der Waals surface area contributed by atoms with Crippen molar-refractivity contribution in [2.45, 2.75) is 103 Å². The summed E-state index contributed by atoms with van der Waals surface area (Å²) >= 11 is 1.49. The van der Waals surface area contributed by atoms with Gasteiger partial charge in [-0.1, -0.05) is 74.5 Å². The highest BCUT2D eigenvalue weighted by molar-refractivity contribution is 7.98. The van der Waals surface area contributed by atoms with Crippen molar-refractivity contribution in [3.05, 3.63) is 71.8 Å². The predicted octanol–water partition coefficient (Wildman–Crippen LogP) is 2.50. The van der Waals surface area contributed by atoms with Crippen molar-refractivity contribution in [1.82, 2.24) is 26.6 Å². The molecule has 0 aliphatic rings. The zero-order chi connectivity index (χ0) is 41.0. The van der Waals surface area contributed by atoms with E-state index in [1.807, 2.05) is 38.3 Å². The van der Waals surface area contributed by atoms with Crippen LogP contribution in [0.15, 0.2) is 60.7 Å². The lowest BCUT2D eigenvalue weighted by atomic mass is 10.0. The molecule has 2 aromatic carbocycles. The van der Waals surface area contributed by atoms with E-state index < -0.39 is 77.9 Å². The maximum absolute atomic E-state index is 13.7. The van der Waals surface area contributed by atoms with Gasteiger partial charge in [0.1, 0.15) is 36.4 Å². The number of thioether (sulfide) groups is 1. The summed E-state index contributed by atoms with van der Waals surface area (Å²) in [5, 5.41) is 12.9. The zero-order valence-corrected chi connectivity index (χ0v) is 33.3. The molecule has 0 aliphatic heterocycles. The molecule has 2 aromatic rings. The maximum atomic E-state index is 13.7. The molecule has 16 heteroatoms. The summed E-state index contributed by atoms with van der Waals surface area (Å²) in [6.07, 6.45) is 1.13. The van der Waals surface area contributed by atoms with Crippen molar-refractivity contribution in [3.8, 4) is 0 Å². The summed E-state index contributed by atoms with van der Waals surface area (Å²) in [4.78, 5) is 90.9. The number of rotatable bonds is 22. The van der Waals surface area contributed by atoms with E-state index in [0.717, 1.165) is 5.56 Å². The number of esters is 1. The fourth-order valence-corrected chi connectivity index (χ4v) is 5.63. The molecule has 0 spiro atoms. The van der Waals surface area contributed by atoms with Crippen molar-refractivity contribution < 1.29 is 43.0 Å². The minimum absolute atomic E-state index is 0.0118. The summed E-state index contributed by atoms with van der Waals surface area (Å²) in [6, 6.07) is 13.4. The first-order valence-corrected chi connectivity index (χ1v) is 19.6. The molecule has 0 saturated carbocycles. The van der Waals surface area contributed by atoms with Crippen LogP contribution in [0.1, 0.15) is 71.4 Å². The highest BCUT2D eigenvalue weighted by atomic mass is 32.2. The second-order valence-electron chi connectivity index (χ2n) is 14.3. The number of hydrogen-bond acceptors (Lipinski definition) is 10. The standard InChI is InChI=1S/C39H56N6O9S/c1-25(2)21-30(37(51)43-28(34(40)48)19-20-55-6)42-32(46)23-41-35(49)31(22-26-13-9-7-10-14-26)44-36(50)29(45-38(52)54-39(3,4)5)17-18-33(47)53-24-27-15-11-8-12-16-27/h7-16,25,28-31H,17-24H2,1-6H3,(H2,40,48)(H,41,49)(H,42,46)(H,43,51)(H,44,50)(H,45,52)/t28-,29-,30-,31-/m0/s1. The van der Waals surface area contributed by atoms with E-state index in [-0.39, 0.29) is 38.2 Å². The number of ether oxygens (including phenoxy) is 2. The summed E-state index contributed by atoms with van der Waals surface area (Å²) in [7, 11) is 0. The molecule has 4 atom stereocenters. The molecule has 0 aromatic heterocycles. The summed E-state index contributed by atoms with van der Waals surface area (Å²) in [6.45, 7) is 8.17. The van der Waals surface area contributed by atoms with E-state index in [1.54, 1.807) is 63.2 Å². The van der Waals surface area contributed by atoms with Gasteiger partial charge in [-0.3, -0.25) is 28.8 Å². The monoisotopic (exact) mass is 784 g/mol. The minimum atomic E-state index is -1.30. The Morgan fingerprint density at radius 1 is 0.727 bits per heavy atom. The van der Waals surface area contributed by atoms with Crippen molar-refractivity contribution in [1.29, 1.82) is 0 Å². The molecule has 6 amide bonds. The molecule has 0 bridgehead atoms. The third-order valence-corrected chi connectivity index (χ3v) is 8.50. The molecule has 0 heterocycles. The second-order valence-corrected chi connectivity index (χ2v) is 15.3. The highest BCUT2D eigenvalue weighted by Gasteiger charge is 2.31. The number of nitrogens with one attached hydrogen (secondary N) is 5. The fourth-order valence-electron chi connectivity index (χ4n) is 5.15. The van der Waals surface area contributed by atoms with Crippen LogP contribution in [-0.4, -0.2) is 89.9 Å². The quantitative estimate of drug-likeness (QED) is 0.0958. The van der Waals surface area contributed by atoms with Gasteiger partial charge in [-0.2, -0.15) is 11.8 Å². The van der Waals surface area contributed by atoms with Crippen LogP contribution in [0, 0.1) is 5.92 Å². The summed E-state index contributed by atoms with van der Waals surface area (Å²) < 4.78 is 10.7. The van der Waals surface area contributed by atoms with Gasteiger partial charge in [0, 0.05) is 12.8 Å². The van der Waals surface area contributed by atoms with Crippen LogP contribution >= 0.6 is 11.8 Å². The Balaban J connectivity index is 2.19. The number of nitrogens with two attached hydrogens (primary N) is 1. The van der Waals surface area contributed by atoms with Crippen molar-refractivity contribution in [2.75, 3.05) is 18.6 Å². The highest BCUT2D eigenvalue weighted by Crippen LogP contribution is 2.11. The molecule has 0 saturated heterocycles. The number of carbonyl (C=O) groups excluding carboxylic acids is 7. The number of hydrogen-bond donors (Lipinski definition) is 6. The van der Waals surface area contributed by atoms with Gasteiger partial charge in [-0.05, 0) is 69.1 Å². The van der Waals surface area contributed by atoms with Crippen molar-refractivity contribution >= 4 is 53.4 Å². The summed E-state index contributed by atoms with van der Waals surface area (Å²) in [5.41, 5.74) is 6.06. The Hall–Kier alpha value is -5.12. The largest absolute Gasteiger partial charge is 0.461 e. The van der Waals surface area contributed by atoms with Gasteiger partial charge in [-0.25, -0.2) is 4.79 Å². The van der Waals surface area contributed by atoms with Crippen LogP contribution in [-0.2, 0) is 51.3 Å². The lowest BCUT2D eigenvalue weighted by Crippen LogP contribution is -2.57. The zero-order valence-electron chi connectivity index (χ0n) is 32.5. The first-order valence-electron chi connectivity index (χ1n) is 18.2. The van der Waals surface area contributed by atoms with Gasteiger partial charge in [0.25, 0.3) is 0 Å². The Bertz CT molecular complexity index is 1570. The van der Waals surface area contributed by atoms with Crippen molar-refractivity contribution in [2.24, 2.45) is 11.7 Å². The van der Waals surface area contributed by atoms with Gasteiger partial charge in [0.2, 0.25) is 29.5 Å². The SMILES string of the molecule is CSCC[C@H](NC(=O)[C@H](CC(C)C)NC(=O)CNC(=O)[C@H](Cc1ccccc1)NC(=O)[C@H](CCC(=O)OCc1ccccc1)NC(=O)OC(C)(C)C)C(N)=O. The van der Waals surface area contributed by atoms with Crippen molar-refractivity contribution in [3.63, 3.8) is 0 Å². The lowest BCUT2D eigenvalue weighted by molar-refractivity contribution is -0.145. The molecule has 0 unspecified atom stereocenters. The maximum Gasteiger partial charge on any atom is 0.408 e. The van der Waals surface area contributed by atoms with E-state index in [1.165, 1.54) is 11.8 Å². The Labute approximate surface area is 327 Å². The van der Waals surface area contributed by atoms with E-state index in [2.05, 4.69) is 26.6 Å². The van der Waals surface area contributed by atoms with Gasteiger partial charge >= 0.3 is 12.1 Å². The molecule has 0 aliphatic carbocycles. The Kier molecular flexibility index (Phi) is 19.8. The van der Waals surface area contributed by atoms with Crippen LogP contribution in [0.5, 0.6) is 0 Å². The average Bonchev–Trinajstić information content (AvgIpc) is 3.12. The molecular weight excluding hydrogens is 729 g/mol. The van der Waals surface area contributed by atoms with E-state index >= 15 is 0 Å². The van der Waals surface area contributed by atoms with Crippen LogP contribution in [0.25, 0.3) is 0 Å². The predicted molar refractivity (Wildman–Crippen MR) is 209 cm³/mol. The molecule has 15 nitrogen and oxygen atoms in total. The third kappa shape index (κ3) is 19.2. The number of primary amides is 1. The Morgan fingerprint density at radius 2 is 1.31 bits per heavy atom. The van der Waals surface area contributed by atoms with Gasteiger partial charge in [0.05, 0.1) is 6.54 Å². The third-order valence-electron chi connectivity index (χ3n) is 7.86. The van der Waals surface area contributed by atoms with Gasteiger partial charge in [-0.15, -0.1) is 0 Å². The molecule has 0 fully saturated rings. The number of carbonyl (C=O) groups is 7. The summed E-state index contributed by atoms with van der Waals surface area (Å²) in [5.74, 6) is -3.49. The second kappa shape index (κ2) is 23.6. The fraction of sp³-hybridized carbons (Fsp3) is 0.513. The topological polar surface area (TPSA) is 224 Å². The van der Waals surface area contributed by atoms with Gasteiger partial charge < -0.3 is 41.8 Å². The number of benzene rings is 2. The van der Waals surface area contributed by atoms with E-state index in [9.17, 15) is 33.6 Å². The molecule has 55 heavy (non-hydrogen) atoms. The van der Waals surface area contributed by atoms with Crippen LogP contribution < -0.4 is 32.3 Å². The molecule has 302 valence electrons. The first-order chi connectivity index (χ1) is 26.0. The molecule has 7 N–H and O–H groups in total. The van der Waals surface area contributed by atoms with E-state index in [4.69, 9.17) is 15.2 Å². The normalized spacial score (nSPS) is 13.3. The van der Waals surface area contributed by atoms with Crippen LogP contribution in [0.2, 0.25) is 0 Å². The minimum Gasteiger partial charge on any atom is -0.461 e. The number of alkyl carbamates (subject to hydrolysis) is 1. The molecular formula is C39H56N6O9S. The lowest BCUT2D eigenvalue weighted by Gasteiger charge is -2.25. The number of amides is 6. The smallest absolute Gasteiger partial charge is 0.408 e. The van der Waals surface area contributed by atoms with Crippen LogP contribution in [0.3, 0.4) is 0 Å². The van der Waals surface area contributed by atoms with E-state index in [0.29, 0.717) is 17.7 Å². The van der Waals surface area contributed by atoms with Gasteiger partial charge in [0.15, 0.2) is 0 Å². The Morgan fingerprint density at radius 3 is 1.87 bits per heavy atom.